The lowest BCUT2D eigenvalue weighted by Gasteiger charge is -2.16. The molecule has 0 bridgehead atoms. The van der Waals surface area contributed by atoms with Gasteiger partial charge in [0, 0.05) is 19.5 Å². The summed E-state index contributed by atoms with van der Waals surface area (Å²) >= 11 is 0. The van der Waals surface area contributed by atoms with Gasteiger partial charge in [0.05, 0.1) is 37.2 Å². The third kappa shape index (κ3) is 4.35. The number of rotatable bonds is 8. The molecule has 0 spiro atoms. The molecule has 136 valence electrons. The molecule has 1 aromatic carbocycles. The van der Waals surface area contributed by atoms with E-state index < -0.39 is 18.3 Å². The SMILES string of the molecule is O=C(CCO[C@@H]1COC(CO)C1O)NCCn1cnc2ccccc21. The first-order valence-electron chi connectivity index (χ1n) is 8.37. The number of para-hydroxylation sites is 2. The van der Waals surface area contributed by atoms with E-state index in [1.807, 2.05) is 28.8 Å². The molecule has 0 aliphatic carbocycles. The van der Waals surface area contributed by atoms with Crippen LogP contribution in [0.4, 0.5) is 0 Å². The normalized spacial score (nSPS) is 23.2. The molecule has 1 aromatic heterocycles. The Morgan fingerprint density at radius 1 is 1.44 bits per heavy atom. The number of carbonyl (C=O) groups is 1. The Kier molecular flexibility index (Phi) is 5.98. The zero-order valence-corrected chi connectivity index (χ0v) is 13.9. The van der Waals surface area contributed by atoms with Gasteiger partial charge in [-0.25, -0.2) is 4.98 Å². The van der Waals surface area contributed by atoms with Gasteiger partial charge in [-0.2, -0.15) is 0 Å². The summed E-state index contributed by atoms with van der Waals surface area (Å²) in [4.78, 5) is 16.2. The van der Waals surface area contributed by atoms with Crippen LogP contribution in [0, 0.1) is 0 Å². The molecule has 1 fully saturated rings. The van der Waals surface area contributed by atoms with Crippen molar-refractivity contribution in [3.8, 4) is 0 Å². The molecule has 2 unspecified atom stereocenters. The number of aromatic nitrogens is 2. The third-order valence-corrected chi connectivity index (χ3v) is 4.28. The number of fused-ring (bicyclic) bond motifs is 1. The fourth-order valence-electron chi connectivity index (χ4n) is 2.86. The molecule has 2 heterocycles. The average Bonchev–Trinajstić information content (AvgIpc) is 3.19. The van der Waals surface area contributed by atoms with Crippen LogP contribution in [0.25, 0.3) is 11.0 Å². The van der Waals surface area contributed by atoms with Gasteiger partial charge in [-0.1, -0.05) is 12.1 Å². The van der Waals surface area contributed by atoms with Crippen molar-refractivity contribution in [2.45, 2.75) is 31.3 Å². The predicted molar refractivity (Wildman–Crippen MR) is 89.9 cm³/mol. The maximum Gasteiger partial charge on any atom is 0.222 e. The van der Waals surface area contributed by atoms with E-state index in [1.54, 1.807) is 6.33 Å². The lowest BCUT2D eigenvalue weighted by molar-refractivity contribution is -0.123. The van der Waals surface area contributed by atoms with E-state index in [0.29, 0.717) is 13.1 Å². The van der Waals surface area contributed by atoms with Crippen LogP contribution in [0.15, 0.2) is 30.6 Å². The highest BCUT2D eigenvalue weighted by Crippen LogP contribution is 2.17. The number of carbonyl (C=O) groups excluding carboxylic acids is 1. The van der Waals surface area contributed by atoms with Gasteiger partial charge in [-0.05, 0) is 12.1 Å². The topological polar surface area (TPSA) is 106 Å². The molecule has 1 aliphatic heterocycles. The Hall–Kier alpha value is -2.00. The lowest BCUT2D eigenvalue weighted by atomic mass is 10.1. The number of ether oxygens (including phenoxy) is 2. The summed E-state index contributed by atoms with van der Waals surface area (Å²) in [7, 11) is 0. The molecular formula is C17H23N3O5. The van der Waals surface area contributed by atoms with E-state index in [0.717, 1.165) is 11.0 Å². The van der Waals surface area contributed by atoms with E-state index in [9.17, 15) is 9.90 Å². The van der Waals surface area contributed by atoms with Crippen molar-refractivity contribution in [2.24, 2.45) is 0 Å². The van der Waals surface area contributed by atoms with Crippen molar-refractivity contribution in [1.82, 2.24) is 14.9 Å². The third-order valence-electron chi connectivity index (χ3n) is 4.28. The van der Waals surface area contributed by atoms with Crippen molar-refractivity contribution >= 4 is 16.9 Å². The maximum atomic E-state index is 11.9. The summed E-state index contributed by atoms with van der Waals surface area (Å²) in [5.41, 5.74) is 1.97. The van der Waals surface area contributed by atoms with Gasteiger partial charge in [0.2, 0.25) is 5.91 Å². The van der Waals surface area contributed by atoms with E-state index in [1.165, 1.54) is 0 Å². The highest BCUT2D eigenvalue weighted by atomic mass is 16.6. The van der Waals surface area contributed by atoms with Crippen LogP contribution in [0.1, 0.15) is 6.42 Å². The first-order chi connectivity index (χ1) is 12.2. The number of hydrogen-bond donors (Lipinski definition) is 3. The molecule has 8 nitrogen and oxygen atoms in total. The monoisotopic (exact) mass is 349 g/mol. The lowest BCUT2D eigenvalue weighted by Crippen LogP contribution is -2.35. The molecule has 1 aliphatic rings. The van der Waals surface area contributed by atoms with E-state index >= 15 is 0 Å². The zero-order chi connectivity index (χ0) is 17.6. The first kappa shape index (κ1) is 17.8. The van der Waals surface area contributed by atoms with Gasteiger partial charge in [0.1, 0.15) is 18.3 Å². The number of aliphatic hydroxyl groups excluding tert-OH is 2. The quantitative estimate of drug-likeness (QED) is 0.603. The van der Waals surface area contributed by atoms with Gasteiger partial charge in [0.25, 0.3) is 0 Å². The summed E-state index contributed by atoms with van der Waals surface area (Å²) < 4.78 is 12.7. The second-order valence-corrected chi connectivity index (χ2v) is 5.98. The molecule has 3 N–H and O–H groups in total. The number of hydrogen-bond acceptors (Lipinski definition) is 6. The molecule has 25 heavy (non-hydrogen) atoms. The smallest absolute Gasteiger partial charge is 0.222 e. The van der Waals surface area contributed by atoms with E-state index in [4.69, 9.17) is 14.6 Å². The van der Waals surface area contributed by atoms with Crippen LogP contribution >= 0.6 is 0 Å². The Labute approximate surface area is 145 Å². The zero-order valence-electron chi connectivity index (χ0n) is 13.9. The molecule has 0 radical (unpaired) electrons. The molecular weight excluding hydrogens is 326 g/mol. The fourth-order valence-corrected chi connectivity index (χ4v) is 2.86. The molecule has 1 amide bonds. The van der Waals surface area contributed by atoms with Crippen LogP contribution in [-0.4, -0.2) is 70.3 Å². The minimum atomic E-state index is -0.859. The Balaban J connectivity index is 1.35. The van der Waals surface area contributed by atoms with Crippen molar-refractivity contribution in [3.63, 3.8) is 0 Å². The number of imidazole rings is 1. The Bertz CT molecular complexity index is 704. The van der Waals surface area contributed by atoms with Gasteiger partial charge in [-0.3, -0.25) is 4.79 Å². The van der Waals surface area contributed by atoms with Crippen molar-refractivity contribution in [3.05, 3.63) is 30.6 Å². The number of benzene rings is 1. The van der Waals surface area contributed by atoms with E-state index in [2.05, 4.69) is 10.3 Å². The van der Waals surface area contributed by atoms with Crippen molar-refractivity contribution in [1.29, 1.82) is 0 Å². The molecule has 1 saturated heterocycles. The predicted octanol–water partition coefficient (Wildman–Crippen LogP) is -0.320. The summed E-state index contributed by atoms with van der Waals surface area (Å²) in [6.45, 7) is 1.32. The Morgan fingerprint density at radius 2 is 2.28 bits per heavy atom. The minimum Gasteiger partial charge on any atom is -0.394 e. The van der Waals surface area contributed by atoms with Crippen molar-refractivity contribution in [2.75, 3.05) is 26.4 Å². The highest BCUT2D eigenvalue weighted by Gasteiger charge is 2.36. The molecule has 2 aromatic rings. The summed E-state index contributed by atoms with van der Waals surface area (Å²) in [5, 5.41) is 21.7. The highest BCUT2D eigenvalue weighted by molar-refractivity contribution is 5.76. The van der Waals surface area contributed by atoms with Gasteiger partial charge >= 0.3 is 0 Å². The largest absolute Gasteiger partial charge is 0.394 e. The second-order valence-electron chi connectivity index (χ2n) is 5.98. The van der Waals surface area contributed by atoms with Crippen LogP contribution in [0.2, 0.25) is 0 Å². The number of amides is 1. The van der Waals surface area contributed by atoms with E-state index in [-0.39, 0.29) is 32.1 Å². The first-order valence-corrected chi connectivity index (χ1v) is 8.37. The fraction of sp³-hybridized carbons (Fsp3) is 0.529. The number of nitrogens with zero attached hydrogens (tertiary/aromatic N) is 2. The van der Waals surface area contributed by atoms with Gasteiger partial charge < -0.3 is 29.6 Å². The van der Waals surface area contributed by atoms with Crippen LogP contribution < -0.4 is 5.32 Å². The van der Waals surface area contributed by atoms with Crippen molar-refractivity contribution < 1.29 is 24.5 Å². The number of nitrogens with one attached hydrogen (secondary N) is 1. The Morgan fingerprint density at radius 3 is 3.08 bits per heavy atom. The molecule has 8 heteroatoms. The van der Waals surface area contributed by atoms with Gasteiger partial charge in [0.15, 0.2) is 0 Å². The average molecular weight is 349 g/mol. The summed E-state index contributed by atoms with van der Waals surface area (Å²) in [5.74, 6) is -0.114. The number of aliphatic hydroxyl groups is 2. The maximum absolute atomic E-state index is 11.9. The van der Waals surface area contributed by atoms with Crippen LogP contribution in [0.5, 0.6) is 0 Å². The second kappa shape index (κ2) is 8.39. The molecule has 3 atom stereocenters. The van der Waals surface area contributed by atoms with Crippen LogP contribution in [0.3, 0.4) is 0 Å². The molecule has 0 saturated carbocycles. The summed E-state index contributed by atoms with van der Waals surface area (Å²) in [6, 6.07) is 7.84. The minimum absolute atomic E-state index is 0.114. The summed E-state index contributed by atoms with van der Waals surface area (Å²) in [6.07, 6.45) is 0.00474. The standard InChI is InChI=1S/C17H23N3O5/c21-9-14-17(23)15(10-25-14)24-8-5-16(22)18-6-7-20-11-19-12-3-1-2-4-13(12)20/h1-4,11,14-15,17,21,23H,5-10H2,(H,18,22)/t14?,15-,17?/m1/s1. The molecule has 3 rings (SSSR count). The van der Waals surface area contributed by atoms with Gasteiger partial charge in [-0.15, -0.1) is 0 Å². The van der Waals surface area contributed by atoms with Crippen LogP contribution in [-0.2, 0) is 20.8 Å².